The molecule has 4 N–H and O–H groups in total. The largest absolute Gasteiger partial charge is 0.386 e. The van der Waals surface area contributed by atoms with Crippen molar-refractivity contribution in [2.24, 2.45) is 5.73 Å². The molecule has 0 saturated heterocycles. The molecule has 0 fully saturated rings. The fourth-order valence-corrected chi connectivity index (χ4v) is 2.58. The average Bonchev–Trinajstić information content (AvgIpc) is 2.28. The molecule has 0 bridgehead atoms. The number of aromatic nitrogens is 1. The summed E-state index contributed by atoms with van der Waals surface area (Å²) in [7, 11) is -3.92. The van der Waals surface area contributed by atoms with Gasteiger partial charge in [0.2, 0.25) is 10.0 Å². The van der Waals surface area contributed by atoms with Gasteiger partial charge in [0.1, 0.15) is 16.5 Å². The molecule has 0 aliphatic carbocycles. The molecule has 1 atom stereocenters. The maximum atomic E-state index is 12.9. The van der Waals surface area contributed by atoms with Crippen molar-refractivity contribution in [2.45, 2.75) is 30.7 Å². The fraction of sp³-hybridized carbons (Fsp3) is 0.400. The first-order chi connectivity index (χ1) is 8.36. The predicted molar refractivity (Wildman–Crippen MR) is 65.1 cm³/mol. The highest BCUT2D eigenvalue weighted by molar-refractivity contribution is 7.89. The number of nitrogens with two attached hydrogens (primary N) is 1. The second-order valence-corrected chi connectivity index (χ2v) is 5.47. The molecule has 1 aromatic rings. The topological polar surface area (TPSA) is 109 Å². The van der Waals surface area contributed by atoms with E-state index in [2.05, 4.69) is 9.71 Å². The van der Waals surface area contributed by atoms with E-state index in [-0.39, 0.29) is 10.7 Å². The van der Waals surface area contributed by atoms with E-state index in [1.54, 1.807) is 0 Å². The van der Waals surface area contributed by atoms with E-state index < -0.39 is 21.9 Å². The summed E-state index contributed by atoms with van der Waals surface area (Å²) in [5.41, 5.74) is 5.30. The second kappa shape index (κ2) is 5.87. The van der Waals surface area contributed by atoms with Crippen molar-refractivity contribution < 1.29 is 12.8 Å². The van der Waals surface area contributed by atoms with Crippen LogP contribution in [0.5, 0.6) is 0 Å². The van der Waals surface area contributed by atoms with Gasteiger partial charge in [0.05, 0.1) is 12.2 Å². The fourth-order valence-electron chi connectivity index (χ4n) is 1.36. The standard InChI is InChI=1S/C10H15FN4O2S/c1-2-3-9(10(12)13)15-18(16,17)8-4-7(11)5-14-6-8/h4-6,9,15H,2-3H2,1H3,(H3,12,13). The van der Waals surface area contributed by atoms with Crippen LogP contribution in [0.25, 0.3) is 0 Å². The summed E-state index contributed by atoms with van der Waals surface area (Å²) >= 11 is 0. The first-order valence-corrected chi connectivity index (χ1v) is 6.82. The number of nitrogens with zero attached hydrogens (tertiary/aromatic N) is 1. The van der Waals surface area contributed by atoms with Crippen LogP contribution in [0.2, 0.25) is 0 Å². The summed E-state index contributed by atoms with van der Waals surface area (Å²) in [6.07, 6.45) is 3.01. The Morgan fingerprint density at radius 1 is 1.61 bits per heavy atom. The number of amidine groups is 1. The Morgan fingerprint density at radius 2 is 2.28 bits per heavy atom. The zero-order valence-corrected chi connectivity index (χ0v) is 10.7. The van der Waals surface area contributed by atoms with Gasteiger partial charge >= 0.3 is 0 Å². The predicted octanol–water partition coefficient (Wildman–Crippen LogP) is 0.604. The number of hydrogen-bond acceptors (Lipinski definition) is 4. The second-order valence-electron chi connectivity index (χ2n) is 3.76. The van der Waals surface area contributed by atoms with Gasteiger partial charge in [0, 0.05) is 6.20 Å². The van der Waals surface area contributed by atoms with E-state index in [1.165, 1.54) is 0 Å². The van der Waals surface area contributed by atoms with Crippen molar-refractivity contribution in [1.29, 1.82) is 5.41 Å². The summed E-state index contributed by atoms with van der Waals surface area (Å²) in [6.45, 7) is 1.84. The van der Waals surface area contributed by atoms with Crippen LogP contribution in [0.15, 0.2) is 23.4 Å². The highest BCUT2D eigenvalue weighted by atomic mass is 32.2. The quantitative estimate of drug-likeness (QED) is 0.521. The molecule has 0 aromatic carbocycles. The summed E-state index contributed by atoms with van der Waals surface area (Å²) in [5.74, 6) is -1.02. The molecule has 18 heavy (non-hydrogen) atoms. The lowest BCUT2D eigenvalue weighted by Crippen LogP contribution is -2.43. The Kier molecular flexibility index (Phi) is 4.74. The van der Waals surface area contributed by atoms with E-state index in [1.807, 2.05) is 6.92 Å². The highest BCUT2D eigenvalue weighted by Gasteiger charge is 2.22. The third kappa shape index (κ3) is 3.74. The molecule has 1 aromatic heterocycles. The van der Waals surface area contributed by atoms with Gasteiger partial charge in [-0.1, -0.05) is 13.3 Å². The number of nitrogens with one attached hydrogen (secondary N) is 2. The number of hydrogen-bond donors (Lipinski definition) is 3. The van der Waals surface area contributed by atoms with Crippen molar-refractivity contribution in [1.82, 2.24) is 9.71 Å². The van der Waals surface area contributed by atoms with Crippen molar-refractivity contribution in [2.75, 3.05) is 0 Å². The highest BCUT2D eigenvalue weighted by Crippen LogP contribution is 2.10. The molecule has 1 heterocycles. The minimum Gasteiger partial charge on any atom is -0.386 e. The van der Waals surface area contributed by atoms with Gasteiger partial charge < -0.3 is 5.73 Å². The minimum absolute atomic E-state index is 0.273. The molecule has 8 heteroatoms. The SMILES string of the molecule is CCCC(NS(=O)(=O)c1cncc(F)c1)C(=N)N. The van der Waals surface area contributed by atoms with E-state index in [4.69, 9.17) is 11.1 Å². The van der Waals surface area contributed by atoms with Gasteiger partial charge in [-0.3, -0.25) is 10.4 Å². The molecule has 0 saturated carbocycles. The number of sulfonamides is 1. The normalized spacial score (nSPS) is 13.2. The molecule has 1 unspecified atom stereocenters. The first-order valence-electron chi connectivity index (χ1n) is 5.33. The number of pyridine rings is 1. The van der Waals surface area contributed by atoms with Crippen molar-refractivity contribution in [3.05, 3.63) is 24.3 Å². The van der Waals surface area contributed by atoms with Gasteiger partial charge in [-0.15, -0.1) is 0 Å². The maximum Gasteiger partial charge on any atom is 0.242 e. The summed E-state index contributed by atoms with van der Waals surface area (Å²) in [6, 6.07) is 0.0710. The maximum absolute atomic E-state index is 12.9. The molecular weight excluding hydrogens is 259 g/mol. The lowest BCUT2D eigenvalue weighted by Gasteiger charge is -2.16. The Morgan fingerprint density at radius 3 is 2.78 bits per heavy atom. The van der Waals surface area contributed by atoms with Crippen molar-refractivity contribution in [3.63, 3.8) is 0 Å². The number of rotatable bonds is 6. The molecule has 0 aliphatic heterocycles. The summed E-state index contributed by atoms with van der Waals surface area (Å²) in [5, 5.41) is 7.30. The average molecular weight is 274 g/mol. The Bertz CT molecular complexity index is 532. The Hall–Kier alpha value is -1.54. The molecule has 1 rings (SSSR count). The van der Waals surface area contributed by atoms with E-state index in [0.29, 0.717) is 12.8 Å². The molecule has 0 amide bonds. The van der Waals surface area contributed by atoms with Crippen LogP contribution in [-0.2, 0) is 10.0 Å². The van der Waals surface area contributed by atoms with Gasteiger partial charge in [-0.25, -0.2) is 17.5 Å². The zero-order chi connectivity index (χ0) is 13.8. The van der Waals surface area contributed by atoms with Crippen LogP contribution < -0.4 is 10.5 Å². The minimum atomic E-state index is -3.92. The molecule has 100 valence electrons. The third-order valence-corrected chi connectivity index (χ3v) is 3.68. The van der Waals surface area contributed by atoms with Crippen LogP contribution in [0, 0.1) is 11.2 Å². The lowest BCUT2D eigenvalue weighted by molar-refractivity contribution is 0.561. The Labute approximate surface area is 105 Å². The van der Waals surface area contributed by atoms with Gasteiger partial charge in [0.25, 0.3) is 0 Å². The Balaban J connectivity index is 2.97. The molecular formula is C10H15FN4O2S. The van der Waals surface area contributed by atoms with E-state index >= 15 is 0 Å². The first kappa shape index (κ1) is 14.5. The van der Waals surface area contributed by atoms with Crippen molar-refractivity contribution >= 4 is 15.9 Å². The van der Waals surface area contributed by atoms with E-state index in [9.17, 15) is 12.8 Å². The molecule has 0 spiro atoms. The van der Waals surface area contributed by atoms with Crippen LogP contribution in [0.1, 0.15) is 19.8 Å². The smallest absolute Gasteiger partial charge is 0.242 e. The van der Waals surface area contributed by atoms with Crippen LogP contribution >= 0.6 is 0 Å². The van der Waals surface area contributed by atoms with E-state index in [0.717, 1.165) is 18.5 Å². The summed E-state index contributed by atoms with van der Waals surface area (Å²) in [4.78, 5) is 3.18. The number of halogens is 1. The summed E-state index contributed by atoms with van der Waals surface area (Å²) < 4.78 is 39.0. The van der Waals surface area contributed by atoms with Crippen LogP contribution in [0.4, 0.5) is 4.39 Å². The van der Waals surface area contributed by atoms with Crippen LogP contribution in [-0.4, -0.2) is 25.3 Å². The zero-order valence-electron chi connectivity index (χ0n) is 9.85. The van der Waals surface area contributed by atoms with Gasteiger partial charge in [-0.05, 0) is 12.5 Å². The van der Waals surface area contributed by atoms with Crippen LogP contribution in [0.3, 0.4) is 0 Å². The molecule has 0 radical (unpaired) electrons. The molecule has 6 nitrogen and oxygen atoms in total. The lowest BCUT2D eigenvalue weighted by atomic mass is 10.2. The van der Waals surface area contributed by atoms with Gasteiger partial charge in [-0.2, -0.15) is 0 Å². The third-order valence-electron chi connectivity index (χ3n) is 2.24. The van der Waals surface area contributed by atoms with Gasteiger partial charge in [0.15, 0.2) is 0 Å². The molecule has 0 aliphatic rings. The monoisotopic (exact) mass is 274 g/mol. The van der Waals surface area contributed by atoms with Crippen molar-refractivity contribution in [3.8, 4) is 0 Å².